The van der Waals surface area contributed by atoms with Gasteiger partial charge in [0.15, 0.2) is 0 Å². The van der Waals surface area contributed by atoms with Crippen LogP contribution < -0.4 is 10.8 Å². The summed E-state index contributed by atoms with van der Waals surface area (Å²) in [7, 11) is 0. The van der Waals surface area contributed by atoms with Crippen LogP contribution in [0.2, 0.25) is 0 Å². The smallest absolute Gasteiger partial charge is 0.318 e. The van der Waals surface area contributed by atoms with E-state index in [-0.39, 0.29) is 29.9 Å². The molecule has 4 fully saturated rings. The molecule has 0 unspecified atom stereocenters. The lowest BCUT2D eigenvalue weighted by Gasteiger charge is -2.30. The van der Waals surface area contributed by atoms with Gasteiger partial charge in [0.2, 0.25) is 11.8 Å². The third kappa shape index (κ3) is 10.1. The Morgan fingerprint density at radius 2 is 1.06 bits per heavy atom. The van der Waals surface area contributed by atoms with Gasteiger partial charge in [-0.3, -0.25) is 19.3 Å². The predicted octanol–water partition coefficient (Wildman–Crippen LogP) is 8.06. The first-order valence-corrected chi connectivity index (χ1v) is 24.1. The molecule has 0 bridgehead atoms. The Morgan fingerprint density at radius 3 is 1.57 bits per heavy atom. The lowest BCUT2D eigenvalue weighted by Crippen LogP contribution is -2.46. The Balaban J connectivity index is 0.762. The summed E-state index contributed by atoms with van der Waals surface area (Å²) in [6.45, 7) is 5.12. The van der Waals surface area contributed by atoms with E-state index in [2.05, 4.69) is 37.5 Å². The van der Waals surface area contributed by atoms with Crippen molar-refractivity contribution in [2.24, 2.45) is 0 Å². The quantitative estimate of drug-likeness (QED) is 0.0671. The summed E-state index contributed by atoms with van der Waals surface area (Å²) in [5.74, 6) is 7.96. The first-order chi connectivity index (χ1) is 33.4. The van der Waals surface area contributed by atoms with E-state index in [1.54, 1.807) is 4.90 Å². The fourth-order valence-electron chi connectivity index (χ4n) is 9.98. The highest BCUT2D eigenvalue weighted by Crippen LogP contribution is 2.36. The van der Waals surface area contributed by atoms with E-state index in [9.17, 15) is 14.4 Å². The van der Waals surface area contributed by atoms with E-state index in [4.69, 9.17) is 14.8 Å². The van der Waals surface area contributed by atoms with Crippen LogP contribution >= 0.6 is 0 Å². The minimum Gasteiger partial charge on any atom is -0.340 e. The van der Waals surface area contributed by atoms with E-state index < -0.39 is 12.1 Å². The molecule has 0 radical (unpaired) electrons. The number of imidazole rings is 2. The van der Waals surface area contributed by atoms with E-state index in [0.29, 0.717) is 32.9 Å². The molecule has 0 aliphatic carbocycles. The van der Waals surface area contributed by atoms with Gasteiger partial charge in [0.05, 0.1) is 35.9 Å². The van der Waals surface area contributed by atoms with Gasteiger partial charge in [-0.25, -0.2) is 14.8 Å². The molecule has 4 amide bonds. The predicted molar refractivity (Wildman–Crippen MR) is 259 cm³/mol. The van der Waals surface area contributed by atoms with Crippen molar-refractivity contribution in [2.75, 3.05) is 46.0 Å². The number of nitrogens with one attached hydrogen (secondary N) is 4. The maximum absolute atomic E-state index is 14.2. The van der Waals surface area contributed by atoms with Gasteiger partial charge < -0.3 is 30.0 Å². The zero-order valence-corrected chi connectivity index (χ0v) is 38.3. The maximum atomic E-state index is 14.2. The molecule has 4 aliphatic heterocycles. The molecular weight excluding hydrogens is 853 g/mol. The Bertz CT molecular complexity index is 2720. The number of aromatic amines is 2. The number of urea groups is 1. The first-order valence-electron chi connectivity index (χ1n) is 24.1. The van der Waals surface area contributed by atoms with Crippen molar-refractivity contribution in [3.63, 3.8) is 0 Å². The number of rotatable bonds is 13. The number of aromatic nitrogens is 4. The third-order valence-corrected chi connectivity index (χ3v) is 13.7. The molecule has 10 rings (SSSR count). The number of H-pyrrole nitrogens is 2. The van der Waals surface area contributed by atoms with Crippen LogP contribution in [0, 0.1) is 11.8 Å². The highest BCUT2D eigenvalue weighted by Gasteiger charge is 2.39. The van der Waals surface area contributed by atoms with Gasteiger partial charge in [-0.15, -0.1) is 0 Å². The van der Waals surface area contributed by atoms with Gasteiger partial charge in [-0.05, 0) is 97.9 Å². The molecule has 0 saturated carbocycles. The summed E-state index contributed by atoms with van der Waals surface area (Å²) < 4.78 is 0. The van der Waals surface area contributed by atoms with Crippen molar-refractivity contribution in [3.05, 3.63) is 155 Å². The molecule has 0 spiro atoms. The highest BCUT2D eigenvalue weighted by molar-refractivity contribution is 5.89. The maximum Gasteiger partial charge on any atom is 0.318 e. The summed E-state index contributed by atoms with van der Waals surface area (Å²) in [5, 5.41) is 3.05. The molecule has 6 aromatic rings. The van der Waals surface area contributed by atoms with Crippen molar-refractivity contribution in [2.45, 2.75) is 75.5 Å². The molecule has 4 saturated heterocycles. The standard InChI is InChI=1S/C54H58N10O4/c65-52(48(42-13-3-1-4-14-42)59-54(67)62-31-9-10-32-62)63-33-11-17-46(63)50-55-35-44(57-50)40-25-21-38(22-26-40)19-20-39-23-27-41(28-24-39)45-36-56-51(58-45)47-18-12-34-64(47)53(66)49(43-15-5-2-6-16-43)60-68-37-61-29-7-8-30-61/h1-6,13-16,21-28,35-36,46-49,60H,7-12,17-18,29-34,37H2,(H,55,57)(H,56,58)(H,59,67)/t46-,47-,48+,49+/m0/s1. The Morgan fingerprint density at radius 1 is 0.588 bits per heavy atom. The van der Waals surface area contributed by atoms with Crippen molar-refractivity contribution >= 4 is 17.8 Å². The molecule has 4 N–H and O–H groups in total. The highest BCUT2D eigenvalue weighted by atomic mass is 16.7. The van der Waals surface area contributed by atoms with Crippen LogP contribution in [0.15, 0.2) is 122 Å². The van der Waals surface area contributed by atoms with Crippen LogP contribution in [-0.2, 0) is 14.4 Å². The second-order valence-electron chi connectivity index (χ2n) is 18.2. The molecule has 4 aliphatic rings. The van der Waals surface area contributed by atoms with Gasteiger partial charge in [0, 0.05) is 50.4 Å². The number of likely N-dealkylation sites (tertiary alicyclic amines) is 4. The zero-order valence-electron chi connectivity index (χ0n) is 38.3. The first kappa shape index (κ1) is 44.8. The molecular formula is C54H58N10O4. The fraction of sp³-hybridized carbons (Fsp3) is 0.352. The minimum absolute atomic E-state index is 0.0263. The lowest BCUT2D eigenvalue weighted by molar-refractivity contribution is -0.141. The molecule has 2 aromatic heterocycles. The summed E-state index contributed by atoms with van der Waals surface area (Å²) in [4.78, 5) is 71.9. The van der Waals surface area contributed by atoms with Crippen LogP contribution in [0.4, 0.5) is 4.79 Å². The average molecular weight is 911 g/mol. The Labute approximate surface area is 397 Å². The monoisotopic (exact) mass is 910 g/mol. The van der Waals surface area contributed by atoms with Gasteiger partial charge in [0.1, 0.15) is 30.5 Å². The van der Waals surface area contributed by atoms with Crippen LogP contribution in [0.1, 0.15) is 109 Å². The number of amides is 4. The van der Waals surface area contributed by atoms with Crippen molar-refractivity contribution in [1.29, 1.82) is 0 Å². The van der Waals surface area contributed by atoms with E-state index in [1.165, 1.54) is 12.8 Å². The number of benzene rings is 4. The molecule has 4 aromatic carbocycles. The summed E-state index contributed by atoms with van der Waals surface area (Å²) in [6.07, 6.45) is 11.3. The summed E-state index contributed by atoms with van der Waals surface area (Å²) in [5.41, 5.74) is 10.2. The van der Waals surface area contributed by atoms with Gasteiger partial charge in [-0.2, -0.15) is 5.48 Å². The summed E-state index contributed by atoms with van der Waals surface area (Å²) in [6, 6.07) is 33.4. The molecule has 68 heavy (non-hydrogen) atoms. The van der Waals surface area contributed by atoms with Crippen molar-refractivity contribution in [1.82, 2.24) is 50.3 Å². The second kappa shape index (κ2) is 20.9. The second-order valence-corrected chi connectivity index (χ2v) is 18.2. The molecule has 4 atom stereocenters. The van der Waals surface area contributed by atoms with Crippen LogP contribution in [0.3, 0.4) is 0 Å². The van der Waals surface area contributed by atoms with Gasteiger partial charge in [0.25, 0.3) is 0 Å². The number of hydrogen-bond acceptors (Lipinski definition) is 8. The molecule has 348 valence electrons. The zero-order chi connectivity index (χ0) is 46.2. The molecule has 6 heterocycles. The number of hydroxylamine groups is 1. The van der Waals surface area contributed by atoms with Crippen LogP contribution in [0.25, 0.3) is 22.5 Å². The van der Waals surface area contributed by atoms with Crippen molar-refractivity contribution in [3.8, 4) is 34.4 Å². The topological polar surface area (TPSA) is 155 Å². The van der Waals surface area contributed by atoms with Crippen LogP contribution in [0.5, 0.6) is 0 Å². The van der Waals surface area contributed by atoms with E-state index >= 15 is 0 Å². The lowest BCUT2D eigenvalue weighted by atomic mass is 10.0. The van der Waals surface area contributed by atoms with Gasteiger partial charge in [-0.1, -0.05) is 96.8 Å². The third-order valence-electron chi connectivity index (χ3n) is 13.7. The SMILES string of the molecule is O=C(N[C@@H](C(=O)N1CCC[C@H]1c1ncc(-c2ccc(C#Cc3ccc(-c4cnc([C@@H]5CCCN5C(=O)[C@H](NOCN5CCCC5)c5ccccc5)[nH]4)cc3)cc2)[nH]1)c1ccccc1)N1CCCC1. The Hall–Kier alpha value is -7.05. The molecule has 14 heteroatoms. The fourth-order valence-corrected chi connectivity index (χ4v) is 9.98. The summed E-state index contributed by atoms with van der Waals surface area (Å²) >= 11 is 0. The van der Waals surface area contributed by atoms with Crippen molar-refractivity contribution < 1.29 is 19.2 Å². The van der Waals surface area contributed by atoms with Gasteiger partial charge >= 0.3 is 6.03 Å². The Kier molecular flexibility index (Phi) is 13.7. The number of nitrogens with zero attached hydrogens (tertiary/aromatic N) is 6. The largest absolute Gasteiger partial charge is 0.340 e. The minimum atomic E-state index is -0.781. The normalized spacial score (nSPS) is 19.2. The van der Waals surface area contributed by atoms with E-state index in [1.807, 2.05) is 131 Å². The number of carbonyl (C=O) groups is 3. The number of carbonyl (C=O) groups excluding carboxylic acids is 3. The molecule has 14 nitrogen and oxygen atoms in total. The number of hydrogen-bond donors (Lipinski definition) is 4. The average Bonchev–Trinajstić information content (AvgIpc) is 4.24. The van der Waals surface area contributed by atoms with E-state index in [0.717, 1.165) is 108 Å². The van der Waals surface area contributed by atoms with Crippen LogP contribution in [-0.4, -0.2) is 103 Å².